The van der Waals surface area contributed by atoms with Gasteiger partial charge in [-0.3, -0.25) is 0 Å². The third-order valence-electron chi connectivity index (χ3n) is 2.31. The van der Waals surface area contributed by atoms with E-state index in [0.29, 0.717) is 5.02 Å². The molecule has 2 aromatic carbocycles. The number of benzene rings is 2. The maximum absolute atomic E-state index is 12.0. The highest BCUT2D eigenvalue weighted by molar-refractivity contribution is 7.87. The number of hydrogen-bond acceptors (Lipinski definition) is 3. The fraction of sp³-hybridized carbons (Fsp3) is 0.0769. The molecule has 0 heterocycles. The van der Waals surface area contributed by atoms with Gasteiger partial charge in [-0.15, -0.1) is 0 Å². The van der Waals surface area contributed by atoms with Crippen LogP contribution in [0, 0.1) is 6.92 Å². The zero-order valence-electron chi connectivity index (χ0n) is 9.63. The van der Waals surface area contributed by atoms with E-state index in [0.717, 1.165) is 5.56 Å². The van der Waals surface area contributed by atoms with Crippen LogP contribution in [0.1, 0.15) is 5.56 Å². The monoisotopic (exact) mass is 282 g/mol. The summed E-state index contributed by atoms with van der Waals surface area (Å²) in [7, 11) is -3.81. The highest BCUT2D eigenvalue weighted by Crippen LogP contribution is 2.22. The molecule has 0 radical (unpaired) electrons. The zero-order valence-corrected chi connectivity index (χ0v) is 11.2. The summed E-state index contributed by atoms with van der Waals surface area (Å²) in [6.45, 7) is 1.88. The second-order valence-electron chi connectivity index (χ2n) is 3.81. The number of hydrogen-bond donors (Lipinski definition) is 0. The minimum absolute atomic E-state index is 0.119. The Kier molecular flexibility index (Phi) is 3.59. The highest BCUT2D eigenvalue weighted by atomic mass is 35.5. The van der Waals surface area contributed by atoms with Crippen molar-refractivity contribution in [3.8, 4) is 5.75 Å². The van der Waals surface area contributed by atoms with Gasteiger partial charge in [-0.1, -0.05) is 35.4 Å². The molecule has 2 rings (SSSR count). The van der Waals surface area contributed by atoms with Crippen molar-refractivity contribution in [1.29, 1.82) is 0 Å². The van der Waals surface area contributed by atoms with E-state index in [1.54, 1.807) is 24.3 Å². The molecule has 0 unspecified atom stereocenters. The maximum atomic E-state index is 12.0. The topological polar surface area (TPSA) is 43.4 Å². The molecule has 0 spiro atoms. The van der Waals surface area contributed by atoms with Crippen molar-refractivity contribution >= 4 is 21.7 Å². The van der Waals surface area contributed by atoms with Gasteiger partial charge in [-0.05, 0) is 31.2 Å². The summed E-state index contributed by atoms with van der Waals surface area (Å²) >= 11 is 5.77. The van der Waals surface area contributed by atoms with Gasteiger partial charge >= 0.3 is 10.1 Å². The Bertz CT molecular complexity index is 648. The molecule has 0 amide bonds. The van der Waals surface area contributed by atoms with Gasteiger partial charge in [0, 0.05) is 11.1 Å². The van der Waals surface area contributed by atoms with E-state index in [2.05, 4.69) is 0 Å². The van der Waals surface area contributed by atoms with Crippen LogP contribution < -0.4 is 4.18 Å². The van der Waals surface area contributed by atoms with Gasteiger partial charge in [0.1, 0.15) is 10.6 Å². The van der Waals surface area contributed by atoms with Gasteiger partial charge in [-0.25, -0.2) is 0 Å². The first kappa shape index (κ1) is 12.9. The lowest BCUT2D eigenvalue weighted by atomic mass is 10.2. The molecule has 5 heteroatoms. The van der Waals surface area contributed by atoms with E-state index in [9.17, 15) is 8.42 Å². The summed E-state index contributed by atoms with van der Waals surface area (Å²) in [4.78, 5) is 0.119. The first-order valence-corrected chi connectivity index (χ1v) is 7.03. The maximum Gasteiger partial charge on any atom is 0.339 e. The van der Waals surface area contributed by atoms with Crippen molar-refractivity contribution in [2.24, 2.45) is 0 Å². The largest absolute Gasteiger partial charge is 0.379 e. The van der Waals surface area contributed by atoms with Crippen LogP contribution in [0.5, 0.6) is 5.75 Å². The molecule has 94 valence electrons. The molecule has 3 nitrogen and oxygen atoms in total. The summed E-state index contributed by atoms with van der Waals surface area (Å²) in [6.07, 6.45) is 0. The molecular formula is C13H11ClO3S. The number of rotatable bonds is 3. The summed E-state index contributed by atoms with van der Waals surface area (Å²) in [5.41, 5.74) is 0.983. The summed E-state index contributed by atoms with van der Waals surface area (Å²) < 4.78 is 28.9. The molecule has 0 saturated heterocycles. The van der Waals surface area contributed by atoms with Crippen LogP contribution in [0.3, 0.4) is 0 Å². The average molecular weight is 283 g/mol. The lowest BCUT2D eigenvalue weighted by molar-refractivity contribution is 0.486. The van der Waals surface area contributed by atoms with Crippen LogP contribution in [0.4, 0.5) is 0 Å². The smallest absolute Gasteiger partial charge is 0.339 e. The lowest BCUT2D eigenvalue weighted by Crippen LogP contribution is -2.09. The normalized spacial score (nSPS) is 11.2. The lowest BCUT2D eigenvalue weighted by Gasteiger charge is -2.07. The van der Waals surface area contributed by atoms with E-state index in [4.69, 9.17) is 15.8 Å². The first-order valence-electron chi connectivity index (χ1n) is 5.24. The average Bonchev–Trinajstić information content (AvgIpc) is 2.29. The Balaban J connectivity index is 2.30. The predicted molar refractivity (Wildman–Crippen MR) is 70.4 cm³/mol. The Hall–Kier alpha value is -1.52. The van der Waals surface area contributed by atoms with Crippen molar-refractivity contribution < 1.29 is 12.6 Å². The van der Waals surface area contributed by atoms with Gasteiger partial charge in [0.2, 0.25) is 0 Å². The van der Waals surface area contributed by atoms with Crippen LogP contribution in [0.2, 0.25) is 5.02 Å². The van der Waals surface area contributed by atoms with Crippen LogP contribution in [-0.4, -0.2) is 8.42 Å². The van der Waals surface area contributed by atoms with E-state index < -0.39 is 10.1 Å². The molecule has 0 aromatic heterocycles. The minimum atomic E-state index is -3.81. The van der Waals surface area contributed by atoms with Crippen LogP contribution >= 0.6 is 11.6 Å². The molecule has 0 aliphatic heterocycles. The third kappa shape index (κ3) is 3.03. The first-order chi connectivity index (χ1) is 8.47. The Morgan fingerprint density at radius 1 is 1.06 bits per heavy atom. The van der Waals surface area contributed by atoms with Gasteiger partial charge in [0.15, 0.2) is 0 Å². The molecule has 0 N–H and O–H groups in total. The van der Waals surface area contributed by atoms with Crippen molar-refractivity contribution in [3.63, 3.8) is 0 Å². The second-order valence-corrected chi connectivity index (χ2v) is 5.79. The summed E-state index contributed by atoms with van der Waals surface area (Å²) in [5.74, 6) is 0.197. The molecule has 0 saturated carbocycles. The van der Waals surface area contributed by atoms with Gasteiger partial charge in [-0.2, -0.15) is 8.42 Å². The molecule has 0 fully saturated rings. The molecule has 0 aliphatic carbocycles. The van der Waals surface area contributed by atoms with E-state index in [1.165, 1.54) is 24.3 Å². The third-order valence-corrected chi connectivity index (χ3v) is 3.81. The number of aryl methyl sites for hydroxylation is 1. The summed E-state index contributed by atoms with van der Waals surface area (Å²) in [5, 5.41) is 0.423. The van der Waals surface area contributed by atoms with Crippen molar-refractivity contribution in [2.75, 3.05) is 0 Å². The fourth-order valence-electron chi connectivity index (χ4n) is 1.40. The second kappa shape index (κ2) is 5.00. The Morgan fingerprint density at radius 2 is 1.72 bits per heavy atom. The predicted octanol–water partition coefficient (Wildman–Crippen LogP) is 3.42. The Labute approximate surface area is 111 Å². The van der Waals surface area contributed by atoms with E-state index in [1.807, 2.05) is 6.92 Å². The van der Waals surface area contributed by atoms with Crippen LogP contribution in [0.15, 0.2) is 53.4 Å². The van der Waals surface area contributed by atoms with Crippen LogP contribution in [-0.2, 0) is 10.1 Å². The summed E-state index contributed by atoms with van der Waals surface area (Å²) in [6, 6.07) is 12.7. The van der Waals surface area contributed by atoms with Gasteiger partial charge in [0.25, 0.3) is 0 Å². The van der Waals surface area contributed by atoms with Gasteiger partial charge in [0.05, 0.1) is 0 Å². The molecule has 18 heavy (non-hydrogen) atoms. The van der Waals surface area contributed by atoms with E-state index >= 15 is 0 Å². The van der Waals surface area contributed by atoms with E-state index in [-0.39, 0.29) is 10.6 Å². The quantitative estimate of drug-likeness (QED) is 0.810. The molecule has 0 bridgehead atoms. The highest BCUT2D eigenvalue weighted by Gasteiger charge is 2.16. The Morgan fingerprint density at radius 3 is 2.33 bits per heavy atom. The van der Waals surface area contributed by atoms with Crippen molar-refractivity contribution in [3.05, 3.63) is 59.1 Å². The SMILES string of the molecule is Cc1ccc(S(=O)(=O)Oc2cccc(Cl)c2)cc1. The molecule has 0 aliphatic rings. The van der Waals surface area contributed by atoms with Crippen molar-refractivity contribution in [2.45, 2.75) is 11.8 Å². The zero-order chi connectivity index (χ0) is 13.2. The molecule has 2 aromatic rings. The van der Waals surface area contributed by atoms with Gasteiger partial charge < -0.3 is 4.18 Å². The van der Waals surface area contributed by atoms with Crippen LogP contribution in [0.25, 0.3) is 0 Å². The minimum Gasteiger partial charge on any atom is -0.379 e. The number of halogens is 1. The fourth-order valence-corrected chi connectivity index (χ4v) is 2.50. The van der Waals surface area contributed by atoms with Crippen molar-refractivity contribution in [1.82, 2.24) is 0 Å². The molecule has 0 atom stereocenters. The standard InChI is InChI=1S/C13H11ClO3S/c1-10-5-7-13(8-6-10)18(15,16)17-12-4-2-3-11(14)9-12/h2-9H,1H3. The molecular weight excluding hydrogens is 272 g/mol.